The maximum atomic E-state index is 12.8. The van der Waals surface area contributed by atoms with Gasteiger partial charge in [0.2, 0.25) is 5.91 Å². The highest BCUT2D eigenvalue weighted by Gasteiger charge is 2.31. The molecule has 2 N–H and O–H groups in total. The lowest BCUT2D eigenvalue weighted by atomic mass is 9.93. The fraction of sp³-hybridized carbons (Fsp3) is 0.579. The molecule has 8 heteroatoms. The normalized spacial score (nSPS) is 13.7. The number of benzene rings is 1. The van der Waals surface area contributed by atoms with Crippen LogP contribution in [0, 0.1) is 0 Å². The van der Waals surface area contributed by atoms with Crippen molar-refractivity contribution in [3.8, 4) is 0 Å². The maximum Gasteiger partial charge on any atom is 0.416 e. The fourth-order valence-corrected chi connectivity index (χ4v) is 2.40. The predicted octanol–water partition coefficient (Wildman–Crippen LogP) is 4.06. The van der Waals surface area contributed by atoms with Gasteiger partial charge in [0.25, 0.3) is 0 Å². The van der Waals surface area contributed by atoms with Crippen LogP contribution in [0.4, 0.5) is 18.0 Å². The average Bonchev–Trinajstić information content (AvgIpc) is 2.43. The van der Waals surface area contributed by atoms with E-state index in [2.05, 4.69) is 10.6 Å². The quantitative estimate of drug-likeness (QED) is 0.800. The van der Waals surface area contributed by atoms with Crippen molar-refractivity contribution in [2.24, 2.45) is 0 Å². The Labute approximate surface area is 157 Å². The lowest BCUT2D eigenvalue weighted by Gasteiger charge is -2.29. The van der Waals surface area contributed by atoms with E-state index in [1.54, 1.807) is 40.7 Å². The summed E-state index contributed by atoms with van der Waals surface area (Å²) in [5.41, 5.74) is -1.79. The van der Waals surface area contributed by atoms with Gasteiger partial charge in [-0.3, -0.25) is 4.79 Å². The molecule has 0 aliphatic carbocycles. The van der Waals surface area contributed by atoms with Crippen LogP contribution >= 0.6 is 0 Å². The van der Waals surface area contributed by atoms with Crippen molar-refractivity contribution in [1.29, 1.82) is 0 Å². The number of rotatable bonds is 5. The van der Waals surface area contributed by atoms with Crippen LogP contribution in [-0.2, 0) is 22.1 Å². The zero-order valence-corrected chi connectivity index (χ0v) is 16.5. The molecule has 0 aliphatic rings. The van der Waals surface area contributed by atoms with Crippen LogP contribution in [0.1, 0.15) is 52.7 Å². The molecule has 5 nitrogen and oxygen atoms in total. The molecule has 1 aromatic carbocycles. The van der Waals surface area contributed by atoms with E-state index in [9.17, 15) is 22.8 Å². The summed E-state index contributed by atoms with van der Waals surface area (Å²) >= 11 is 0. The largest absolute Gasteiger partial charge is 0.444 e. The number of hydrogen-bond donors (Lipinski definition) is 2. The van der Waals surface area contributed by atoms with Crippen molar-refractivity contribution in [2.45, 2.75) is 71.3 Å². The van der Waals surface area contributed by atoms with Crippen molar-refractivity contribution in [2.75, 3.05) is 0 Å². The number of ether oxygens (including phenoxy) is 1. The molecule has 0 aromatic heterocycles. The fourth-order valence-electron chi connectivity index (χ4n) is 2.40. The molecule has 2 amide bonds. The Hall–Kier alpha value is -2.25. The van der Waals surface area contributed by atoms with E-state index in [0.29, 0.717) is 5.56 Å². The summed E-state index contributed by atoms with van der Waals surface area (Å²) in [5, 5.41) is 5.17. The summed E-state index contributed by atoms with van der Waals surface area (Å²) in [6, 6.07) is 4.12. The Kier molecular flexibility index (Phi) is 6.91. The highest BCUT2D eigenvalue weighted by atomic mass is 19.4. The van der Waals surface area contributed by atoms with E-state index >= 15 is 0 Å². The molecule has 1 atom stereocenters. The molecular weight excluding hydrogens is 361 g/mol. The van der Waals surface area contributed by atoms with E-state index in [4.69, 9.17) is 4.74 Å². The lowest BCUT2D eigenvalue weighted by Crippen LogP contribution is -2.53. The van der Waals surface area contributed by atoms with Gasteiger partial charge in [-0.25, -0.2) is 4.79 Å². The van der Waals surface area contributed by atoms with Gasteiger partial charge in [-0.15, -0.1) is 0 Å². The number of amides is 2. The molecule has 0 bridgehead atoms. The number of nitrogens with one attached hydrogen (secondary N) is 2. The number of carbonyl (C=O) groups is 2. The van der Waals surface area contributed by atoms with Gasteiger partial charge in [0.15, 0.2) is 0 Å². The third-order valence-electron chi connectivity index (χ3n) is 3.49. The SMILES string of the molecule is C[C@@H](NC(=O)OC(C)(C)C)C(=O)NC(C)(C)Cc1cccc(C(F)(F)F)c1. The molecule has 0 saturated heterocycles. The summed E-state index contributed by atoms with van der Waals surface area (Å²) in [4.78, 5) is 24.1. The molecule has 27 heavy (non-hydrogen) atoms. The van der Waals surface area contributed by atoms with Crippen LogP contribution in [-0.4, -0.2) is 29.2 Å². The van der Waals surface area contributed by atoms with Crippen LogP contribution in [0.2, 0.25) is 0 Å². The van der Waals surface area contributed by atoms with Gasteiger partial charge in [-0.1, -0.05) is 18.2 Å². The molecule has 0 fully saturated rings. The number of carbonyl (C=O) groups excluding carboxylic acids is 2. The summed E-state index contributed by atoms with van der Waals surface area (Å²) in [7, 11) is 0. The van der Waals surface area contributed by atoms with Gasteiger partial charge in [0.05, 0.1) is 5.56 Å². The Bertz CT molecular complexity index is 680. The molecule has 0 unspecified atom stereocenters. The standard InChI is InChI=1S/C19H27F3N2O3/c1-12(23-16(26)27-17(2,3)4)15(25)24-18(5,6)11-13-8-7-9-14(10-13)19(20,21)22/h7-10,12H,11H2,1-6H3,(H,23,26)(H,24,25)/t12-/m1/s1. The molecule has 1 aromatic rings. The Balaban J connectivity index is 2.71. The predicted molar refractivity (Wildman–Crippen MR) is 96.2 cm³/mol. The zero-order valence-electron chi connectivity index (χ0n) is 16.5. The Morgan fingerprint density at radius 1 is 1.11 bits per heavy atom. The zero-order chi connectivity index (χ0) is 21.0. The van der Waals surface area contributed by atoms with Crippen LogP contribution in [0.15, 0.2) is 24.3 Å². The molecular formula is C19H27F3N2O3. The third-order valence-corrected chi connectivity index (χ3v) is 3.49. The van der Waals surface area contributed by atoms with Gasteiger partial charge >= 0.3 is 12.3 Å². The first-order valence-corrected chi connectivity index (χ1v) is 8.57. The minimum atomic E-state index is -4.42. The van der Waals surface area contributed by atoms with Gasteiger partial charge in [0.1, 0.15) is 11.6 Å². The minimum Gasteiger partial charge on any atom is -0.444 e. The second kappa shape index (κ2) is 8.19. The molecule has 0 saturated carbocycles. The minimum absolute atomic E-state index is 0.196. The van der Waals surface area contributed by atoms with Crippen molar-refractivity contribution < 1.29 is 27.5 Å². The first-order valence-electron chi connectivity index (χ1n) is 8.57. The number of halogens is 3. The maximum absolute atomic E-state index is 12.8. The summed E-state index contributed by atoms with van der Waals surface area (Å²) in [6.07, 6.45) is -4.95. The van der Waals surface area contributed by atoms with Crippen LogP contribution in [0.5, 0.6) is 0 Å². The summed E-state index contributed by atoms with van der Waals surface area (Å²) in [5.74, 6) is -0.460. The first kappa shape index (κ1) is 22.8. The van der Waals surface area contributed by atoms with Crippen molar-refractivity contribution in [3.63, 3.8) is 0 Å². The van der Waals surface area contributed by atoms with E-state index in [1.807, 2.05) is 0 Å². The van der Waals surface area contributed by atoms with Crippen LogP contribution < -0.4 is 10.6 Å². The number of alkyl halides is 3. The highest BCUT2D eigenvalue weighted by molar-refractivity contribution is 5.85. The van der Waals surface area contributed by atoms with Crippen molar-refractivity contribution in [3.05, 3.63) is 35.4 Å². The highest BCUT2D eigenvalue weighted by Crippen LogP contribution is 2.30. The molecule has 152 valence electrons. The molecule has 0 spiro atoms. The second-order valence-electron chi connectivity index (χ2n) is 8.12. The molecule has 0 radical (unpaired) electrons. The van der Waals surface area contributed by atoms with Gasteiger partial charge < -0.3 is 15.4 Å². The van der Waals surface area contributed by atoms with Gasteiger partial charge in [-0.2, -0.15) is 13.2 Å². The lowest BCUT2D eigenvalue weighted by molar-refractivity contribution is -0.137. The molecule has 1 rings (SSSR count). The summed E-state index contributed by atoms with van der Waals surface area (Å²) in [6.45, 7) is 10.0. The summed E-state index contributed by atoms with van der Waals surface area (Å²) < 4.78 is 43.6. The van der Waals surface area contributed by atoms with Crippen LogP contribution in [0.25, 0.3) is 0 Å². The average molecular weight is 388 g/mol. The van der Waals surface area contributed by atoms with E-state index in [0.717, 1.165) is 12.1 Å². The Morgan fingerprint density at radius 2 is 1.70 bits per heavy atom. The molecule has 0 aliphatic heterocycles. The molecule has 0 heterocycles. The topological polar surface area (TPSA) is 67.4 Å². The smallest absolute Gasteiger partial charge is 0.416 e. The number of alkyl carbamates (subject to hydrolysis) is 1. The monoisotopic (exact) mass is 388 g/mol. The van der Waals surface area contributed by atoms with E-state index < -0.39 is 40.9 Å². The first-order chi connectivity index (χ1) is 12.1. The van der Waals surface area contributed by atoms with E-state index in [1.165, 1.54) is 13.0 Å². The Morgan fingerprint density at radius 3 is 2.22 bits per heavy atom. The number of hydrogen-bond acceptors (Lipinski definition) is 3. The third kappa shape index (κ3) is 8.32. The second-order valence-corrected chi connectivity index (χ2v) is 8.12. The van der Waals surface area contributed by atoms with Crippen molar-refractivity contribution >= 4 is 12.0 Å². The van der Waals surface area contributed by atoms with Crippen molar-refractivity contribution in [1.82, 2.24) is 10.6 Å². The van der Waals surface area contributed by atoms with Crippen LogP contribution in [0.3, 0.4) is 0 Å². The van der Waals surface area contributed by atoms with E-state index in [-0.39, 0.29) is 6.42 Å². The van der Waals surface area contributed by atoms with Gasteiger partial charge in [-0.05, 0) is 59.6 Å². The van der Waals surface area contributed by atoms with Gasteiger partial charge in [0, 0.05) is 5.54 Å².